The third-order valence-corrected chi connectivity index (χ3v) is 5.72. The number of nitrogens with zero attached hydrogens (tertiary/aromatic N) is 2. The zero-order chi connectivity index (χ0) is 22.0. The van der Waals surface area contributed by atoms with Gasteiger partial charge in [-0.3, -0.25) is 9.69 Å². The first kappa shape index (κ1) is 21.1. The van der Waals surface area contributed by atoms with Gasteiger partial charge in [-0.05, 0) is 24.1 Å². The highest BCUT2D eigenvalue weighted by molar-refractivity contribution is 5.94. The van der Waals surface area contributed by atoms with Crippen LogP contribution in [0.5, 0.6) is 0 Å². The van der Waals surface area contributed by atoms with Crippen LogP contribution in [0.2, 0.25) is 0 Å². The summed E-state index contributed by atoms with van der Waals surface area (Å²) in [6.45, 7) is 3.93. The minimum atomic E-state index is -1.30. The molecule has 0 saturated carbocycles. The lowest BCUT2D eigenvalue weighted by Gasteiger charge is -2.40. The van der Waals surface area contributed by atoms with Crippen LogP contribution in [0.3, 0.4) is 0 Å². The summed E-state index contributed by atoms with van der Waals surface area (Å²) in [5.74, 6) is -4.20. The number of hydrogen-bond donors (Lipinski definition) is 0. The second-order valence-corrected chi connectivity index (χ2v) is 7.80. The van der Waals surface area contributed by atoms with Crippen molar-refractivity contribution in [2.45, 2.75) is 13.0 Å². The molecule has 3 nitrogen and oxygen atoms in total. The van der Waals surface area contributed by atoms with Crippen molar-refractivity contribution in [3.63, 3.8) is 0 Å². The molecule has 0 spiro atoms. The molecule has 1 aliphatic heterocycles. The monoisotopic (exact) mass is 424 g/mol. The zero-order valence-electron chi connectivity index (χ0n) is 17.2. The Morgan fingerprint density at radius 2 is 1.35 bits per heavy atom. The quantitative estimate of drug-likeness (QED) is 0.553. The molecule has 3 aromatic carbocycles. The predicted molar refractivity (Wildman–Crippen MR) is 113 cm³/mol. The van der Waals surface area contributed by atoms with Gasteiger partial charge in [-0.2, -0.15) is 0 Å². The highest BCUT2D eigenvalue weighted by atomic mass is 19.2. The summed E-state index contributed by atoms with van der Waals surface area (Å²) in [4.78, 5) is 16.5. The predicted octanol–water partition coefficient (Wildman–Crippen LogP) is 4.96. The number of aryl methyl sites for hydroxylation is 1. The normalized spacial score (nSPS) is 15.7. The molecular formula is C25H23F3N2O. The molecule has 1 amide bonds. The molecule has 0 N–H and O–H groups in total. The van der Waals surface area contributed by atoms with E-state index in [1.807, 2.05) is 25.1 Å². The summed E-state index contributed by atoms with van der Waals surface area (Å²) in [5, 5.41) is 0. The Labute approximate surface area is 179 Å². The van der Waals surface area contributed by atoms with E-state index in [4.69, 9.17) is 0 Å². The second kappa shape index (κ2) is 8.94. The Balaban J connectivity index is 1.53. The van der Waals surface area contributed by atoms with Crippen LogP contribution in [0.4, 0.5) is 13.2 Å². The summed E-state index contributed by atoms with van der Waals surface area (Å²) in [5.41, 5.74) is 3.05. The SMILES string of the molecule is Cc1ccc(C(c2ccccc2)N2CCN(C(=O)c3cc(F)c(F)cc3F)CC2)cc1. The fraction of sp³-hybridized carbons (Fsp3) is 0.240. The van der Waals surface area contributed by atoms with E-state index in [1.54, 1.807) is 0 Å². The number of hydrogen-bond acceptors (Lipinski definition) is 2. The lowest BCUT2D eigenvalue weighted by Crippen LogP contribution is -2.50. The van der Waals surface area contributed by atoms with Crippen molar-refractivity contribution in [3.8, 4) is 0 Å². The number of carbonyl (C=O) groups is 1. The van der Waals surface area contributed by atoms with Gasteiger partial charge in [0.2, 0.25) is 0 Å². The molecule has 0 radical (unpaired) electrons. The van der Waals surface area contributed by atoms with Crippen molar-refractivity contribution < 1.29 is 18.0 Å². The molecule has 1 unspecified atom stereocenters. The molecule has 0 bridgehead atoms. The van der Waals surface area contributed by atoms with Gasteiger partial charge < -0.3 is 4.90 Å². The maximum atomic E-state index is 14.1. The Morgan fingerprint density at radius 3 is 2.00 bits per heavy atom. The molecule has 1 aliphatic rings. The molecule has 1 fully saturated rings. The molecule has 31 heavy (non-hydrogen) atoms. The fourth-order valence-electron chi connectivity index (χ4n) is 4.04. The molecule has 160 valence electrons. The lowest BCUT2D eigenvalue weighted by atomic mass is 9.95. The first-order chi connectivity index (χ1) is 14.9. The van der Waals surface area contributed by atoms with Gasteiger partial charge in [0.1, 0.15) is 5.82 Å². The van der Waals surface area contributed by atoms with Crippen LogP contribution in [-0.2, 0) is 0 Å². The van der Waals surface area contributed by atoms with Crippen LogP contribution in [-0.4, -0.2) is 41.9 Å². The highest BCUT2D eigenvalue weighted by Crippen LogP contribution is 2.30. The van der Waals surface area contributed by atoms with E-state index >= 15 is 0 Å². The summed E-state index contributed by atoms with van der Waals surface area (Å²) < 4.78 is 40.8. The smallest absolute Gasteiger partial charge is 0.257 e. The molecule has 1 atom stereocenters. The van der Waals surface area contributed by atoms with Crippen molar-refractivity contribution >= 4 is 5.91 Å². The summed E-state index contributed by atoms with van der Waals surface area (Å²) in [6.07, 6.45) is 0. The van der Waals surface area contributed by atoms with E-state index in [0.29, 0.717) is 38.3 Å². The molecule has 0 aliphatic carbocycles. The van der Waals surface area contributed by atoms with E-state index in [-0.39, 0.29) is 6.04 Å². The van der Waals surface area contributed by atoms with E-state index in [0.717, 1.165) is 11.1 Å². The number of benzene rings is 3. The Kier molecular flexibility index (Phi) is 6.09. The van der Waals surface area contributed by atoms with Gasteiger partial charge in [-0.25, -0.2) is 13.2 Å². The molecule has 3 aromatic rings. The Morgan fingerprint density at radius 1 is 0.774 bits per heavy atom. The average Bonchev–Trinajstić information content (AvgIpc) is 2.78. The molecule has 4 rings (SSSR count). The zero-order valence-corrected chi connectivity index (χ0v) is 17.2. The summed E-state index contributed by atoms with van der Waals surface area (Å²) >= 11 is 0. The van der Waals surface area contributed by atoms with Crippen molar-refractivity contribution in [2.75, 3.05) is 26.2 Å². The first-order valence-electron chi connectivity index (χ1n) is 10.2. The number of halogens is 3. The van der Waals surface area contributed by atoms with Crippen LogP contribution in [0.15, 0.2) is 66.7 Å². The van der Waals surface area contributed by atoms with Crippen molar-refractivity contribution in [3.05, 3.63) is 106 Å². The number of carbonyl (C=O) groups excluding carboxylic acids is 1. The van der Waals surface area contributed by atoms with Crippen molar-refractivity contribution in [2.24, 2.45) is 0 Å². The van der Waals surface area contributed by atoms with Gasteiger partial charge in [0.25, 0.3) is 5.91 Å². The number of piperazine rings is 1. The highest BCUT2D eigenvalue weighted by Gasteiger charge is 2.30. The average molecular weight is 424 g/mol. The van der Waals surface area contributed by atoms with Crippen LogP contribution in [0, 0.1) is 24.4 Å². The molecule has 6 heteroatoms. The van der Waals surface area contributed by atoms with Crippen LogP contribution < -0.4 is 0 Å². The second-order valence-electron chi connectivity index (χ2n) is 7.80. The Hall–Kier alpha value is -3.12. The summed E-state index contributed by atoms with van der Waals surface area (Å²) in [7, 11) is 0. The first-order valence-corrected chi connectivity index (χ1v) is 10.2. The van der Waals surface area contributed by atoms with Crippen LogP contribution >= 0.6 is 0 Å². The van der Waals surface area contributed by atoms with E-state index in [1.165, 1.54) is 10.5 Å². The van der Waals surface area contributed by atoms with Gasteiger partial charge in [-0.1, -0.05) is 60.2 Å². The van der Waals surface area contributed by atoms with E-state index in [2.05, 4.69) is 41.3 Å². The van der Waals surface area contributed by atoms with Crippen molar-refractivity contribution in [1.82, 2.24) is 9.80 Å². The van der Waals surface area contributed by atoms with E-state index < -0.39 is 28.9 Å². The minimum absolute atomic E-state index is 0.0269. The van der Waals surface area contributed by atoms with Gasteiger partial charge in [-0.15, -0.1) is 0 Å². The van der Waals surface area contributed by atoms with Crippen LogP contribution in [0.25, 0.3) is 0 Å². The van der Waals surface area contributed by atoms with Gasteiger partial charge in [0.15, 0.2) is 11.6 Å². The standard InChI is InChI=1S/C25H23F3N2O/c1-17-7-9-19(10-8-17)24(18-5-3-2-4-6-18)29-11-13-30(14-12-29)25(31)20-15-22(27)23(28)16-21(20)26/h2-10,15-16,24H,11-14H2,1H3. The molecule has 1 heterocycles. The molecular weight excluding hydrogens is 401 g/mol. The number of rotatable bonds is 4. The molecule has 1 saturated heterocycles. The van der Waals surface area contributed by atoms with Gasteiger partial charge >= 0.3 is 0 Å². The maximum absolute atomic E-state index is 14.1. The lowest BCUT2D eigenvalue weighted by molar-refractivity contribution is 0.0592. The largest absolute Gasteiger partial charge is 0.336 e. The third kappa shape index (κ3) is 4.49. The van der Waals surface area contributed by atoms with Gasteiger partial charge in [0, 0.05) is 32.2 Å². The van der Waals surface area contributed by atoms with E-state index in [9.17, 15) is 18.0 Å². The van der Waals surface area contributed by atoms with Crippen molar-refractivity contribution in [1.29, 1.82) is 0 Å². The summed E-state index contributed by atoms with van der Waals surface area (Å²) in [6, 6.07) is 19.6. The van der Waals surface area contributed by atoms with Gasteiger partial charge in [0.05, 0.1) is 11.6 Å². The minimum Gasteiger partial charge on any atom is -0.336 e. The number of amides is 1. The fourth-order valence-corrected chi connectivity index (χ4v) is 4.04. The maximum Gasteiger partial charge on any atom is 0.257 e. The topological polar surface area (TPSA) is 23.6 Å². The molecule has 0 aromatic heterocycles. The third-order valence-electron chi connectivity index (χ3n) is 5.72. The Bertz CT molecular complexity index is 1060. The van der Waals surface area contributed by atoms with Crippen LogP contribution in [0.1, 0.15) is 33.1 Å².